The molecule has 0 radical (unpaired) electrons. The summed E-state index contributed by atoms with van der Waals surface area (Å²) in [5.41, 5.74) is 0.921. The normalized spacial score (nSPS) is 16.9. The van der Waals surface area contributed by atoms with E-state index in [0.717, 1.165) is 17.8 Å². The number of pyridine rings is 1. The van der Waals surface area contributed by atoms with Crippen LogP contribution in [0.1, 0.15) is 28.5 Å². The maximum atomic E-state index is 12.9. The Labute approximate surface area is 203 Å². The second-order valence-corrected chi connectivity index (χ2v) is 8.55. The summed E-state index contributed by atoms with van der Waals surface area (Å²) >= 11 is 0. The van der Waals surface area contributed by atoms with Gasteiger partial charge in [-0.15, -0.1) is 0 Å². The van der Waals surface area contributed by atoms with Gasteiger partial charge in [0.25, 0.3) is 5.91 Å². The van der Waals surface area contributed by atoms with Gasteiger partial charge in [0.05, 0.1) is 18.0 Å². The molecule has 188 valence electrons. The van der Waals surface area contributed by atoms with Gasteiger partial charge in [0.1, 0.15) is 17.2 Å². The fourth-order valence-corrected chi connectivity index (χ4v) is 4.23. The number of piperazine rings is 1. The minimum Gasteiger partial charge on any atom is -0.463 e. The third-order valence-electron chi connectivity index (χ3n) is 6.03. The number of H-pyrrole nitrogens is 2. The second kappa shape index (κ2) is 9.49. The first-order chi connectivity index (χ1) is 17.3. The van der Waals surface area contributed by atoms with Gasteiger partial charge in [0.15, 0.2) is 11.6 Å². The molecule has 0 saturated carbocycles. The number of alkyl halides is 3. The maximum Gasteiger partial charge on any atom is 0.417 e. The number of nitrogens with zero attached hydrogens (tertiary/aromatic N) is 5. The van der Waals surface area contributed by atoms with Crippen molar-refractivity contribution in [2.45, 2.75) is 25.7 Å². The summed E-state index contributed by atoms with van der Waals surface area (Å²) in [6.07, 6.45) is -0.390. The Morgan fingerprint density at radius 3 is 2.78 bits per heavy atom. The van der Waals surface area contributed by atoms with Crippen molar-refractivity contribution >= 4 is 17.5 Å². The first kappa shape index (κ1) is 23.6. The van der Waals surface area contributed by atoms with E-state index in [4.69, 9.17) is 4.42 Å². The summed E-state index contributed by atoms with van der Waals surface area (Å²) in [7, 11) is 0. The molecule has 4 aromatic rings. The Morgan fingerprint density at radius 2 is 2.08 bits per heavy atom. The molecule has 1 amide bonds. The fourth-order valence-electron chi connectivity index (χ4n) is 4.23. The lowest BCUT2D eigenvalue weighted by Crippen LogP contribution is -2.52. The smallest absolute Gasteiger partial charge is 0.417 e. The lowest BCUT2D eigenvalue weighted by molar-refractivity contribution is -0.137. The molecule has 36 heavy (non-hydrogen) atoms. The Kier molecular flexibility index (Phi) is 6.22. The van der Waals surface area contributed by atoms with Gasteiger partial charge >= 0.3 is 6.18 Å². The molecule has 4 aromatic heterocycles. The van der Waals surface area contributed by atoms with Crippen LogP contribution in [-0.4, -0.2) is 61.9 Å². The van der Waals surface area contributed by atoms with Gasteiger partial charge in [-0.2, -0.15) is 23.4 Å². The van der Waals surface area contributed by atoms with Gasteiger partial charge in [-0.1, -0.05) is 0 Å². The maximum absolute atomic E-state index is 12.9. The van der Waals surface area contributed by atoms with E-state index in [9.17, 15) is 18.0 Å². The number of carbonyl (C=O) groups excluding carboxylic acids is 1. The number of furan rings is 1. The first-order valence-electron chi connectivity index (χ1n) is 11.2. The monoisotopic (exact) mass is 500 g/mol. The van der Waals surface area contributed by atoms with Gasteiger partial charge in [0.2, 0.25) is 0 Å². The number of hydrogen-bond acceptors (Lipinski definition) is 7. The summed E-state index contributed by atoms with van der Waals surface area (Å²) in [6.45, 7) is 4.34. The molecule has 1 saturated heterocycles. The summed E-state index contributed by atoms with van der Waals surface area (Å²) in [6, 6.07) is 7.67. The van der Waals surface area contributed by atoms with Crippen molar-refractivity contribution in [3.63, 3.8) is 0 Å². The number of nitrogens with one attached hydrogen (secondary N) is 3. The zero-order valence-electron chi connectivity index (χ0n) is 19.2. The highest BCUT2D eigenvalue weighted by molar-refractivity contribution is 6.03. The van der Waals surface area contributed by atoms with Crippen LogP contribution in [0.2, 0.25) is 0 Å². The minimum absolute atomic E-state index is 0.0104. The topological polar surface area (TPSA) is 119 Å². The lowest BCUT2D eigenvalue weighted by atomic mass is 10.1. The average Bonchev–Trinajstić information content (AvgIpc) is 3.61. The number of aromatic nitrogens is 5. The van der Waals surface area contributed by atoms with Gasteiger partial charge in [-0.3, -0.25) is 19.9 Å². The van der Waals surface area contributed by atoms with Crippen LogP contribution in [0.5, 0.6) is 0 Å². The van der Waals surface area contributed by atoms with Crippen LogP contribution in [0.15, 0.2) is 53.4 Å². The number of hydrogen-bond donors (Lipinski definition) is 3. The van der Waals surface area contributed by atoms with E-state index in [1.807, 2.05) is 11.8 Å². The summed E-state index contributed by atoms with van der Waals surface area (Å²) in [5.74, 6) is 1.08. The number of carbonyl (C=O) groups is 1. The van der Waals surface area contributed by atoms with Gasteiger partial charge in [-0.25, -0.2) is 4.98 Å². The third kappa shape index (κ3) is 4.96. The molecule has 1 unspecified atom stereocenters. The van der Waals surface area contributed by atoms with E-state index in [1.165, 1.54) is 6.07 Å². The van der Waals surface area contributed by atoms with Crippen LogP contribution < -0.4 is 10.2 Å². The van der Waals surface area contributed by atoms with Crippen LogP contribution >= 0.6 is 0 Å². The van der Waals surface area contributed by atoms with E-state index in [-0.39, 0.29) is 11.9 Å². The fraction of sp³-hybridized carbons (Fsp3) is 0.304. The molecule has 1 aliphatic rings. The van der Waals surface area contributed by atoms with E-state index in [1.54, 1.807) is 30.7 Å². The van der Waals surface area contributed by atoms with Crippen LogP contribution in [-0.2, 0) is 12.7 Å². The molecule has 1 aliphatic heterocycles. The second-order valence-electron chi connectivity index (χ2n) is 8.55. The van der Waals surface area contributed by atoms with Crippen molar-refractivity contribution in [1.29, 1.82) is 0 Å². The molecule has 5 rings (SSSR count). The first-order valence-corrected chi connectivity index (χ1v) is 11.2. The standard InChI is InChI=1S/C23H23F3N8O2/c1-14-12-33(6-7-34(14)20-5-4-16(11-27-20)23(24,25)26)13-15-10-28-32-21(15)22(35)29-19-9-17(30-31-19)18-3-2-8-36-18/h2-5,8-11,14H,6-7,12-13H2,1H3,(H,28,32)(H2,29,30,31,35). The van der Waals surface area contributed by atoms with Crippen LogP contribution in [0, 0.1) is 0 Å². The van der Waals surface area contributed by atoms with Gasteiger partial charge in [0, 0.05) is 50.0 Å². The molecule has 0 aromatic carbocycles. The zero-order valence-corrected chi connectivity index (χ0v) is 19.2. The predicted molar refractivity (Wildman–Crippen MR) is 124 cm³/mol. The highest BCUT2D eigenvalue weighted by atomic mass is 19.4. The molecule has 13 heteroatoms. The molecule has 0 aliphatic carbocycles. The van der Waals surface area contributed by atoms with Crippen molar-refractivity contribution in [2.24, 2.45) is 0 Å². The number of rotatable bonds is 6. The van der Waals surface area contributed by atoms with Crippen molar-refractivity contribution in [1.82, 2.24) is 30.3 Å². The van der Waals surface area contributed by atoms with E-state index in [2.05, 4.69) is 35.6 Å². The zero-order chi connectivity index (χ0) is 25.3. The largest absolute Gasteiger partial charge is 0.463 e. The van der Waals surface area contributed by atoms with Crippen molar-refractivity contribution in [2.75, 3.05) is 29.9 Å². The molecule has 1 fully saturated rings. The molecule has 0 spiro atoms. The molecule has 10 nitrogen and oxygen atoms in total. The highest BCUT2D eigenvalue weighted by Gasteiger charge is 2.32. The number of anilines is 2. The highest BCUT2D eigenvalue weighted by Crippen LogP contribution is 2.30. The summed E-state index contributed by atoms with van der Waals surface area (Å²) in [5, 5.41) is 16.5. The Bertz CT molecular complexity index is 1310. The van der Waals surface area contributed by atoms with Crippen molar-refractivity contribution in [3.8, 4) is 11.5 Å². The predicted octanol–water partition coefficient (Wildman–Crippen LogP) is 3.77. The molecule has 1 atom stereocenters. The number of halogens is 3. The average molecular weight is 500 g/mol. The lowest BCUT2D eigenvalue weighted by Gasteiger charge is -2.40. The third-order valence-corrected chi connectivity index (χ3v) is 6.03. The van der Waals surface area contributed by atoms with Crippen molar-refractivity contribution in [3.05, 3.63) is 65.8 Å². The summed E-state index contributed by atoms with van der Waals surface area (Å²) in [4.78, 5) is 21.0. The number of aromatic amines is 2. The molecular formula is C23H23F3N8O2. The Morgan fingerprint density at radius 1 is 1.22 bits per heavy atom. The van der Waals surface area contributed by atoms with Crippen LogP contribution in [0.4, 0.5) is 24.8 Å². The molecular weight excluding hydrogens is 477 g/mol. The molecule has 3 N–H and O–H groups in total. The van der Waals surface area contributed by atoms with E-state index >= 15 is 0 Å². The van der Waals surface area contributed by atoms with Crippen LogP contribution in [0.3, 0.4) is 0 Å². The number of amides is 1. The SMILES string of the molecule is CC1CN(Cc2cn[nH]c2C(=O)Nc2cc(-c3ccco3)[nH]n2)CCN1c1ccc(C(F)(F)F)cn1. The van der Waals surface area contributed by atoms with Gasteiger partial charge < -0.3 is 14.6 Å². The Hall–Kier alpha value is -4.13. The quantitative estimate of drug-likeness (QED) is 0.369. The van der Waals surface area contributed by atoms with Crippen LogP contribution in [0.25, 0.3) is 11.5 Å². The minimum atomic E-state index is -4.41. The molecule has 5 heterocycles. The van der Waals surface area contributed by atoms with Crippen molar-refractivity contribution < 1.29 is 22.4 Å². The molecule has 0 bridgehead atoms. The van der Waals surface area contributed by atoms with E-state index in [0.29, 0.717) is 55.0 Å². The summed E-state index contributed by atoms with van der Waals surface area (Å²) < 4.78 is 43.8. The van der Waals surface area contributed by atoms with Gasteiger partial charge in [-0.05, 0) is 31.2 Å². The Balaban J connectivity index is 1.20. The van der Waals surface area contributed by atoms with E-state index < -0.39 is 11.7 Å².